The number of hydrogen-bond acceptors (Lipinski definition) is 10. The van der Waals surface area contributed by atoms with E-state index in [1.807, 2.05) is 48.6 Å². The fourth-order valence-corrected chi connectivity index (χ4v) is 7.14. The molecule has 3 atom stereocenters. The second kappa shape index (κ2) is 57.5. The van der Waals surface area contributed by atoms with E-state index in [2.05, 4.69) is 167 Å². The van der Waals surface area contributed by atoms with Crippen LogP contribution in [0.1, 0.15) is 162 Å². The monoisotopic (exact) mass is 1100 g/mol. The second-order valence-corrected chi connectivity index (χ2v) is 19.1. The molecule has 0 aromatic rings. The summed E-state index contributed by atoms with van der Waals surface area (Å²) in [5, 5.41) is 9.79. The number of phosphoric acid groups is 1. The van der Waals surface area contributed by atoms with Gasteiger partial charge in [-0.05, 0) is 122 Å². The molecule has 0 aromatic heterocycles. The molecule has 0 saturated heterocycles. The average molecular weight is 1100 g/mol. The Hall–Kier alpha value is -5.68. The van der Waals surface area contributed by atoms with Crippen LogP contribution in [0, 0.1) is 0 Å². The number of esters is 3. The molecule has 0 heterocycles. The Labute approximate surface area is 471 Å². The summed E-state index contributed by atoms with van der Waals surface area (Å²) >= 11 is 0. The summed E-state index contributed by atoms with van der Waals surface area (Å²) in [7, 11) is -4.82. The molecule has 0 aliphatic carbocycles. The zero-order valence-electron chi connectivity index (χ0n) is 47.5. The Kier molecular flexibility index (Phi) is 53.3. The lowest BCUT2D eigenvalue weighted by atomic mass is 10.2. The van der Waals surface area contributed by atoms with Crippen LogP contribution >= 0.6 is 7.82 Å². The summed E-state index contributed by atoms with van der Waals surface area (Å²) < 4.78 is 39.2. The summed E-state index contributed by atoms with van der Waals surface area (Å²) in [6.07, 6.45) is 80.2. The first-order valence-corrected chi connectivity index (χ1v) is 29.8. The first kappa shape index (κ1) is 72.3. The number of hydrogen-bond donors (Lipinski definition) is 2. The van der Waals surface area contributed by atoms with E-state index in [0.29, 0.717) is 32.1 Å². The van der Waals surface area contributed by atoms with Gasteiger partial charge in [0.15, 0.2) is 6.10 Å². The average Bonchev–Trinajstić information content (AvgIpc) is 3.43. The highest BCUT2D eigenvalue weighted by atomic mass is 31.2. The van der Waals surface area contributed by atoms with Crippen LogP contribution in [0.2, 0.25) is 0 Å². The fraction of sp³-hybridized carbons (Fsp3) is 0.470. The van der Waals surface area contributed by atoms with E-state index < -0.39 is 64.4 Å². The number of carbonyl (C=O) groups excluding carboxylic acids is 3. The molecule has 11 nitrogen and oxygen atoms in total. The van der Waals surface area contributed by atoms with Crippen molar-refractivity contribution < 1.29 is 52.2 Å². The van der Waals surface area contributed by atoms with Gasteiger partial charge in [-0.25, -0.2) is 4.57 Å². The van der Waals surface area contributed by atoms with Crippen molar-refractivity contribution >= 4 is 25.7 Å². The molecule has 0 spiro atoms. The normalized spacial score (nSPS) is 14.8. The number of phosphoric ester groups is 1. The number of allylic oxidation sites excluding steroid dienone is 32. The molecule has 0 aliphatic heterocycles. The van der Waals surface area contributed by atoms with Gasteiger partial charge >= 0.3 is 25.7 Å². The molecule has 12 heteroatoms. The number of aliphatic hydroxyl groups is 1. The molecule has 0 radical (unpaired) electrons. The molecule has 0 aromatic carbocycles. The Morgan fingerprint density at radius 1 is 0.346 bits per heavy atom. The minimum absolute atomic E-state index is 0.00835. The summed E-state index contributed by atoms with van der Waals surface area (Å²) in [6.45, 7) is 4.00. The minimum atomic E-state index is -4.82. The van der Waals surface area contributed by atoms with Crippen LogP contribution in [0.25, 0.3) is 0 Å². The molecule has 78 heavy (non-hydrogen) atoms. The number of aliphatic hydroxyl groups excluding tert-OH is 1. The minimum Gasteiger partial charge on any atom is -0.462 e. The van der Waals surface area contributed by atoms with Crippen molar-refractivity contribution in [2.75, 3.05) is 26.4 Å². The van der Waals surface area contributed by atoms with Crippen LogP contribution in [-0.2, 0) is 42.2 Å². The van der Waals surface area contributed by atoms with Crippen molar-refractivity contribution in [1.82, 2.24) is 0 Å². The van der Waals surface area contributed by atoms with Crippen molar-refractivity contribution in [2.24, 2.45) is 0 Å². The molecule has 432 valence electrons. The molecular weight excluding hydrogens is 1000 g/mol. The Morgan fingerprint density at radius 2 is 0.577 bits per heavy atom. The zero-order chi connectivity index (χ0) is 56.9. The Morgan fingerprint density at radius 3 is 0.846 bits per heavy atom. The lowest BCUT2D eigenvalue weighted by molar-refractivity contribution is -0.161. The maximum absolute atomic E-state index is 12.9. The molecule has 0 rings (SSSR count). The third-order valence-electron chi connectivity index (χ3n) is 10.5. The molecule has 3 unspecified atom stereocenters. The molecule has 0 aliphatic rings. The predicted octanol–water partition coefficient (Wildman–Crippen LogP) is 17.0. The van der Waals surface area contributed by atoms with Crippen LogP contribution in [0.5, 0.6) is 0 Å². The first-order chi connectivity index (χ1) is 38.2. The Bertz CT molecular complexity index is 2050. The molecule has 0 saturated carbocycles. The van der Waals surface area contributed by atoms with Crippen LogP contribution in [0.4, 0.5) is 0 Å². The molecule has 0 bridgehead atoms. The van der Waals surface area contributed by atoms with E-state index in [-0.39, 0.29) is 19.3 Å². The topological polar surface area (TPSA) is 155 Å². The van der Waals surface area contributed by atoms with Crippen LogP contribution in [0.3, 0.4) is 0 Å². The van der Waals surface area contributed by atoms with Crippen molar-refractivity contribution in [3.05, 3.63) is 194 Å². The van der Waals surface area contributed by atoms with E-state index in [4.69, 9.17) is 23.3 Å². The number of carbonyl (C=O) groups is 3. The zero-order valence-corrected chi connectivity index (χ0v) is 48.4. The Balaban J connectivity index is 5.05. The summed E-state index contributed by atoms with van der Waals surface area (Å²) in [5.74, 6) is -1.79. The summed E-state index contributed by atoms with van der Waals surface area (Å²) in [4.78, 5) is 48.4. The smallest absolute Gasteiger partial charge is 0.462 e. The highest BCUT2D eigenvalue weighted by molar-refractivity contribution is 7.47. The van der Waals surface area contributed by atoms with Gasteiger partial charge in [-0.15, -0.1) is 0 Å². The van der Waals surface area contributed by atoms with Crippen LogP contribution in [-0.4, -0.2) is 66.5 Å². The predicted molar refractivity (Wildman–Crippen MR) is 324 cm³/mol. The summed E-state index contributed by atoms with van der Waals surface area (Å²) in [6, 6.07) is 0. The maximum atomic E-state index is 12.9. The van der Waals surface area contributed by atoms with E-state index in [1.165, 1.54) is 0 Å². The van der Waals surface area contributed by atoms with Gasteiger partial charge in [-0.1, -0.05) is 215 Å². The SMILES string of the molecule is CC/C=C\C/C=C\C/C=C\C/C=C\C/C=C\C/C=C\CCC(=O)OCC(COP(=O)(O)OCC(CO)OC(=O)CC/C=C\C/C=C\C/C=C\C/C=C\CC)OC(=O)CC/C=C\C/C=C\C/C=C\C/C=C\C/C=C\C/C=C\CC. The third-order valence-corrected chi connectivity index (χ3v) is 11.5. The van der Waals surface area contributed by atoms with Crippen molar-refractivity contribution in [3.8, 4) is 0 Å². The lowest BCUT2D eigenvalue weighted by Gasteiger charge is -2.21. The molecule has 0 amide bonds. The van der Waals surface area contributed by atoms with Gasteiger partial charge in [-0.3, -0.25) is 23.4 Å². The van der Waals surface area contributed by atoms with Crippen molar-refractivity contribution in [3.63, 3.8) is 0 Å². The maximum Gasteiger partial charge on any atom is 0.472 e. The van der Waals surface area contributed by atoms with Crippen molar-refractivity contribution in [1.29, 1.82) is 0 Å². The summed E-state index contributed by atoms with van der Waals surface area (Å²) in [5.41, 5.74) is 0. The van der Waals surface area contributed by atoms with Gasteiger partial charge in [0.05, 0.1) is 19.8 Å². The van der Waals surface area contributed by atoms with Gasteiger partial charge in [0.2, 0.25) is 0 Å². The lowest BCUT2D eigenvalue weighted by Crippen LogP contribution is -2.30. The first-order valence-electron chi connectivity index (χ1n) is 28.3. The number of rotatable bonds is 49. The largest absolute Gasteiger partial charge is 0.472 e. The quantitative estimate of drug-likeness (QED) is 0.0259. The molecular formula is C66H97O11P. The molecule has 2 N–H and O–H groups in total. The highest BCUT2D eigenvalue weighted by Gasteiger charge is 2.28. The van der Waals surface area contributed by atoms with Crippen LogP contribution < -0.4 is 0 Å². The standard InChI is InChI=1S/C66H97O11P/c1-4-7-10-13-16-19-22-25-27-29-31-33-35-38-40-43-46-49-52-55-64(68)73-59-63(77-66(70)57-54-51-48-45-42-39-36-34-32-30-28-26-23-20-17-14-11-8-5-2)61-75-78(71,72)74-60-62(58-67)76-65(69)56-53-50-47-44-41-37-24-21-18-15-12-9-6-3/h7-12,16-21,25-28,31-34,37-42,46-51,62-63,67H,4-6,13-15,22-24,29-30,35-36,43-45,52-61H2,1-3H3,(H,71,72)/b10-7-,11-8-,12-9-,19-16-,20-17-,21-18-,27-25-,28-26-,33-31-,34-32-,40-38-,41-37-,42-39-,49-46-,50-47-,51-48-. The van der Waals surface area contributed by atoms with Gasteiger partial charge in [-0.2, -0.15) is 0 Å². The van der Waals surface area contributed by atoms with Crippen molar-refractivity contribution in [2.45, 2.75) is 174 Å². The highest BCUT2D eigenvalue weighted by Crippen LogP contribution is 2.43. The second-order valence-electron chi connectivity index (χ2n) is 17.6. The van der Waals surface area contributed by atoms with Gasteiger partial charge in [0.1, 0.15) is 12.7 Å². The van der Waals surface area contributed by atoms with Gasteiger partial charge < -0.3 is 24.2 Å². The number of ether oxygens (including phenoxy) is 3. The van der Waals surface area contributed by atoms with E-state index >= 15 is 0 Å². The van der Waals surface area contributed by atoms with E-state index in [1.54, 1.807) is 0 Å². The van der Waals surface area contributed by atoms with Crippen LogP contribution in [0.15, 0.2) is 194 Å². The van der Waals surface area contributed by atoms with Gasteiger partial charge in [0.25, 0.3) is 0 Å². The third kappa shape index (κ3) is 55.1. The van der Waals surface area contributed by atoms with E-state index in [0.717, 1.165) is 89.9 Å². The molecule has 0 fully saturated rings. The van der Waals surface area contributed by atoms with E-state index in [9.17, 15) is 28.9 Å². The fourth-order valence-electron chi connectivity index (χ4n) is 6.36. The van der Waals surface area contributed by atoms with Gasteiger partial charge in [0, 0.05) is 19.3 Å².